The number of rotatable bonds is 7. The van der Waals surface area contributed by atoms with Crippen molar-refractivity contribution in [2.75, 3.05) is 13.7 Å². The number of hydrogen-bond donors (Lipinski definition) is 1. The number of esters is 1. The molecule has 0 aliphatic heterocycles. The SMILES string of the molecule is COc1ccc(CCOC(=O)C(=O)c2c[nH]c3ccc([N+](=O)[O-])cc23)cc1. The highest BCUT2D eigenvalue weighted by molar-refractivity contribution is 6.43. The van der Waals surface area contributed by atoms with Crippen LogP contribution in [0.2, 0.25) is 0 Å². The molecule has 0 saturated heterocycles. The minimum absolute atomic E-state index is 0.0411. The number of ketones is 1. The van der Waals surface area contributed by atoms with Crippen molar-refractivity contribution in [3.05, 3.63) is 69.9 Å². The van der Waals surface area contributed by atoms with Crippen LogP contribution in [0.1, 0.15) is 15.9 Å². The Balaban J connectivity index is 1.66. The number of methoxy groups -OCH3 is 1. The number of carbonyl (C=O) groups excluding carboxylic acids is 2. The molecule has 0 fully saturated rings. The van der Waals surface area contributed by atoms with E-state index in [0.717, 1.165) is 11.3 Å². The maximum atomic E-state index is 12.3. The summed E-state index contributed by atoms with van der Waals surface area (Å²) in [7, 11) is 1.57. The number of nitrogens with zero attached hydrogens (tertiary/aromatic N) is 1. The number of nitro benzene ring substituents is 1. The third-order valence-corrected chi connectivity index (χ3v) is 4.09. The van der Waals surface area contributed by atoms with Crippen molar-refractivity contribution in [3.8, 4) is 5.75 Å². The van der Waals surface area contributed by atoms with Gasteiger partial charge >= 0.3 is 5.97 Å². The first-order chi connectivity index (χ1) is 13.0. The third-order valence-electron chi connectivity index (χ3n) is 4.09. The Morgan fingerprint density at radius 2 is 1.89 bits per heavy atom. The quantitative estimate of drug-likeness (QED) is 0.226. The second-order valence-corrected chi connectivity index (χ2v) is 5.75. The van der Waals surface area contributed by atoms with Gasteiger partial charge in [0.05, 0.1) is 24.2 Å². The number of non-ortho nitro benzene ring substituents is 1. The number of nitrogens with one attached hydrogen (secondary N) is 1. The van der Waals surface area contributed by atoms with Crippen molar-refractivity contribution in [3.63, 3.8) is 0 Å². The highest BCUT2D eigenvalue weighted by atomic mass is 16.6. The summed E-state index contributed by atoms with van der Waals surface area (Å²) in [5.74, 6) is -1.13. The van der Waals surface area contributed by atoms with Crippen LogP contribution in [0, 0.1) is 10.1 Å². The second-order valence-electron chi connectivity index (χ2n) is 5.75. The van der Waals surface area contributed by atoms with Gasteiger partial charge in [-0.3, -0.25) is 14.9 Å². The molecular formula is C19H16N2O6. The average Bonchev–Trinajstić information content (AvgIpc) is 3.11. The van der Waals surface area contributed by atoms with Crippen molar-refractivity contribution in [1.82, 2.24) is 4.98 Å². The lowest BCUT2D eigenvalue weighted by Gasteiger charge is -2.05. The van der Waals surface area contributed by atoms with Gasteiger partial charge in [-0.15, -0.1) is 0 Å². The molecule has 2 aromatic carbocycles. The molecule has 27 heavy (non-hydrogen) atoms. The van der Waals surface area contributed by atoms with Gasteiger partial charge < -0.3 is 14.5 Å². The predicted octanol–water partition coefficient (Wildman–Crippen LogP) is 3.05. The number of ether oxygens (including phenoxy) is 2. The Hall–Kier alpha value is -3.68. The number of hydrogen-bond acceptors (Lipinski definition) is 6. The molecule has 3 aromatic rings. The zero-order valence-electron chi connectivity index (χ0n) is 14.4. The van der Waals surface area contributed by atoms with Crippen LogP contribution < -0.4 is 4.74 Å². The number of Topliss-reactive ketones (excluding diaryl/α,β-unsaturated/α-hetero) is 1. The van der Waals surface area contributed by atoms with E-state index in [1.807, 2.05) is 12.1 Å². The van der Waals surface area contributed by atoms with E-state index >= 15 is 0 Å². The maximum Gasteiger partial charge on any atom is 0.379 e. The fourth-order valence-electron chi connectivity index (χ4n) is 2.64. The Kier molecular flexibility index (Phi) is 5.16. The molecule has 0 radical (unpaired) electrons. The molecule has 138 valence electrons. The van der Waals surface area contributed by atoms with Crippen LogP contribution in [0.25, 0.3) is 10.9 Å². The van der Waals surface area contributed by atoms with Gasteiger partial charge in [0.15, 0.2) is 0 Å². The first kappa shape index (κ1) is 18.1. The molecular weight excluding hydrogens is 352 g/mol. The van der Waals surface area contributed by atoms with Gasteiger partial charge in [-0.05, 0) is 23.8 Å². The van der Waals surface area contributed by atoms with Gasteiger partial charge in [0.2, 0.25) is 0 Å². The van der Waals surface area contributed by atoms with Gasteiger partial charge in [0, 0.05) is 35.7 Å². The molecule has 0 unspecified atom stereocenters. The molecule has 0 bridgehead atoms. The summed E-state index contributed by atoms with van der Waals surface area (Å²) < 4.78 is 10.1. The van der Waals surface area contributed by atoms with E-state index in [1.165, 1.54) is 24.4 Å². The number of fused-ring (bicyclic) bond motifs is 1. The van der Waals surface area contributed by atoms with E-state index in [2.05, 4.69) is 4.98 Å². The fraction of sp³-hybridized carbons (Fsp3) is 0.158. The van der Waals surface area contributed by atoms with E-state index in [-0.39, 0.29) is 17.9 Å². The molecule has 0 aliphatic rings. The molecule has 0 spiro atoms. The Labute approximate surface area is 153 Å². The van der Waals surface area contributed by atoms with Crippen molar-refractivity contribution in [1.29, 1.82) is 0 Å². The predicted molar refractivity (Wildman–Crippen MR) is 96.9 cm³/mol. The monoisotopic (exact) mass is 368 g/mol. The number of carbonyl (C=O) groups is 2. The molecule has 1 heterocycles. The Bertz CT molecular complexity index is 1010. The molecule has 1 aromatic heterocycles. The minimum Gasteiger partial charge on any atom is -0.497 e. The van der Waals surface area contributed by atoms with E-state index in [4.69, 9.17) is 9.47 Å². The van der Waals surface area contributed by atoms with Gasteiger partial charge in [0.25, 0.3) is 11.5 Å². The zero-order chi connectivity index (χ0) is 19.4. The van der Waals surface area contributed by atoms with Gasteiger partial charge in [-0.25, -0.2) is 4.79 Å². The molecule has 0 amide bonds. The number of aromatic amines is 1. The van der Waals surface area contributed by atoms with Crippen molar-refractivity contribution >= 4 is 28.3 Å². The standard InChI is InChI=1S/C19H16N2O6/c1-26-14-5-2-12(3-6-14)8-9-27-19(23)18(22)16-11-20-17-7-4-13(21(24)25)10-15(16)17/h2-7,10-11,20H,8-9H2,1H3. The van der Waals surface area contributed by atoms with Crippen molar-refractivity contribution in [2.24, 2.45) is 0 Å². The lowest BCUT2D eigenvalue weighted by atomic mass is 10.1. The van der Waals surface area contributed by atoms with E-state index in [0.29, 0.717) is 17.3 Å². The minimum atomic E-state index is -1.00. The second kappa shape index (κ2) is 7.69. The topological polar surface area (TPSA) is 112 Å². The lowest BCUT2D eigenvalue weighted by Crippen LogP contribution is -2.18. The highest BCUT2D eigenvalue weighted by Gasteiger charge is 2.22. The summed E-state index contributed by atoms with van der Waals surface area (Å²) in [5, 5.41) is 11.2. The molecule has 0 atom stereocenters. The zero-order valence-corrected chi connectivity index (χ0v) is 14.4. The number of H-pyrrole nitrogens is 1. The van der Waals surface area contributed by atoms with Crippen LogP contribution in [0.3, 0.4) is 0 Å². The lowest BCUT2D eigenvalue weighted by molar-refractivity contribution is -0.384. The normalized spacial score (nSPS) is 10.6. The van der Waals surface area contributed by atoms with E-state index < -0.39 is 16.7 Å². The molecule has 3 rings (SSSR count). The van der Waals surface area contributed by atoms with Crippen molar-refractivity contribution < 1.29 is 24.0 Å². The van der Waals surface area contributed by atoms with Gasteiger partial charge in [-0.1, -0.05) is 12.1 Å². The molecule has 0 saturated carbocycles. The summed E-state index contributed by atoms with van der Waals surface area (Å²) in [6.07, 6.45) is 1.80. The Morgan fingerprint density at radius 1 is 1.15 bits per heavy atom. The van der Waals surface area contributed by atoms with Crippen LogP contribution in [-0.4, -0.2) is 35.4 Å². The molecule has 8 heteroatoms. The summed E-state index contributed by atoms with van der Waals surface area (Å²) in [5.41, 5.74) is 1.33. The summed E-state index contributed by atoms with van der Waals surface area (Å²) in [6, 6.07) is 11.3. The third kappa shape index (κ3) is 3.95. The number of nitro groups is 1. The summed E-state index contributed by atoms with van der Waals surface area (Å²) in [6.45, 7) is 0.0411. The first-order valence-corrected chi connectivity index (χ1v) is 8.09. The smallest absolute Gasteiger partial charge is 0.379 e. The maximum absolute atomic E-state index is 12.3. The largest absolute Gasteiger partial charge is 0.497 e. The van der Waals surface area contributed by atoms with E-state index in [1.54, 1.807) is 19.2 Å². The Morgan fingerprint density at radius 3 is 2.56 bits per heavy atom. The molecule has 0 aliphatic carbocycles. The van der Waals surface area contributed by atoms with Crippen LogP contribution in [0.4, 0.5) is 5.69 Å². The molecule has 1 N–H and O–H groups in total. The number of benzene rings is 2. The first-order valence-electron chi connectivity index (χ1n) is 8.09. The van der Waals surface area contributed by atoms with Crippen LogP contribution in [-0.2, 0) is 16.0 Å². The molecule has 8 nitrogen and oxygen atoms in total. The van der Waals surface area contributed by atoms with Crippen molar-refractivity contribution in [2.45, 2.75) is 6.42 Å². The summed E-state index contributed by atoms with van der Waals surface area (Å²) >= 11 is 0. The van der Waals surface area contributed by atoms with Crippen LogP contribution in [0.5, 0.6) is 5.75 Å². The highest BCUT2D eigenvalue weighted by Crippen LogP contribution is 2.24. The van der Waals surface area contributed by atoms with Crippen LogP contribution >= 0.6 is 0 Å². The fourth-order valence-corrected chi connectivity index (χ4v) is 2.64. The number of aromatic nitrogens is 1. The summed E-state index contributed by atoms with van der Waals surface area (Å²) in [4.78, 5) is 37.6. The van der Waals surface area contributed by atoms with Gasteiger partial charge in [0.1, 0.15) is 5.75 Å². The van der Waals surface area contributed by atoms with E-state index in [9.17, 15) is 19.7 Å². The average molecular weight is 368 g/mol. The van der Waals surface area contributed by atoms with Crippen LogP contribution in [0.15, 0.2) is 48.7 Å². The van der Waals surface area contributed by atoms with Gasteiger partial charge in [-0.2, -0.15) is 0 Å².